The Hall–Kier alpha value is 0.177. The summed E-state index contributed by atoms with van der Waals surface area (Å²) in [7, 11) is -0.363. The predicted molar refractivity (Wildman–Crippen MR) is 48.9 cm³/mol. The van der Waals surface area contributed by atoms with Crippen LogP contribution >= 0.6 is 0 Å². The van der Waals surface area contributed by atoms with Crippen LogP contribution in [0.25, 0.3) is 0 Å². The Labute approximate surface area is 66.1 Å². The van der Waals surface area contributed by atoms with Crippen LogP contribution in [-0.2, 0) is 0 Å². The monoisotopic (exact) mass is 157 g/mol. The van der Waals surface area contributed by atoms with E-state index >= 15 is 0 Å². The molecule has 1 nitrogen and oxygen atoms in total. The molecule has 0 amide bonds. The molecule has 1 fully saturated rings. The van der Waals surface area contributed by atoms with Gasteiger partial charge >= 0.3 is 0 Å². The summed E-state index contributed by atoms with van der Waals surface area (Å²) in [4.78, 5) is 0. The van der Waals surface area contributed by atoms with Crippen molar-refractivity contribution in [3.8, 4) is 0 Å². The van der Waals surface area contributed by atoms with E-state index in [1.807, 2.05) is 0 Å². The average Bonchev–Trinajstić information content (AvgIpc) is 2.43. The lowest BCUT2D eigenvalue weighted by Crippen LogP contribution is -2.36. The van der Waals surface area contributed by atoms with E-state index in [0.717, 1.165) is 0 Å². The largest absolute Gasteiger partial charge is 0.327 e. The highest BCUT2D eigenvalue weighted by molar-refractivity contribution is 6.56. The minimum absolute atomic E-state index is 0.363. The first-order valence-electron chi connectivity index (χ1n) is 4.62. The van der Waals surface area contributed by atoms with Crippen molar-refractivity contribution in [3.63, 3.8) is 0 Å². The predicted octanol–water partition coefficient (Wildman–Crippen LogP) is 1.85. The SMILES string of the molecule is CCN(CC)[SiH]1CCCC1. The van der Waals surface area contributed by atoms with E-state index < -0.39 is 0 Å². The summed E-state index contributed by atoms with van der Waals surface area (Å²) in [5.41, 5.74) is 0. The highest BCUT2D eigenvalue weighted by Crippen LogP contribution is 2.21. The zero-order valence-electron chi connectivity index (χ0n) is 7.27. The lowest BCUT2D eigenvalue weighted by Gasteiger charge is -2.24. The third-order valence-electron chi connectivity index (χ3n) is 2.65. The van der Waals surface area contributed by atoms with Crippen LogP contribution < -0.4 is 0 Å². The normalized spacial score (nSPS) is 20.7. The lowest BCUT2D eigenvalue weighted by atomic mass is 10.4. The van der Waals surface area contributed by atoms with Gasteiger partial charge in [0.1, 0.15) is 8.96 Å². The Morgan fingerprint density at radius 2 is 1.60 bits per heavy atom. The molecule has 1 aliphatic rings. The number of rotatable bonds is 3. The molecule has 0 spiro atoms. The summed E-state index contributed by atoms with van der Waals surface area (Å²) in [5.74, 6) is 0. The zero-order chi connectivity index (χ0) is 7.40. The lowest BCUT2D eigenvalue weighted by molar-refractivity contribution is 0.479. The molecule has 0 aliphatic carbocycles. The number of nitrogens with zero attached hydrogens (tertiary/aromatic N) is 1. The molecule has 0 unspecified atom stereocenters. The minimum Gasteiger partial charge on any atom is -0.327 e. The molecule has 0 radical (unpaired) electrons. The van der Waals surface area contributed by atoms with Crippen LogP contribution in [0.15, 0.2) is 0 Å². The zero-order valence-corrected chi connectivity index (χ0v) is 8.42. The van der Waals surface area contributed by atoms with Crippen molar-refractivity contribution in [1.82, 2.24) is 4.57 Å². The van der Waals surface area contributed by atoms with Crippen molar-refractivity contribution in [1.29, 1.82) is 0 Å². The van der Waals surface area contributed by atoms with Crippen LogP contribution in [0.1, 0.15) is 26.7 Å². The summed E-state index contributed by atoms with van der Waals surface area (Å²) in [6, 6.07) is 3.17. The maximum atomic E-state index is 2.73. The van der Waals surface area contributed by atoms with Gasteiger partial charge in [-0.2, -0.15) is 0 Å². The molecule has 1 aliphatic heterocycles. The molecule has 1 saturated heterocycles. The Kier molecular flexibility index (Phi) is 3.42. The molecule has 0 saturated carbocycles. The molecule has 0 bridgehead atoms. The van der Waals surface area contributed by atoms with E-state index in [9.17, 15) is 0 Å². The second-order valence-electron chi connectivity index (χ2n) is 3.16. The van der Waals surface area contributed by atoms with Crippen molar-refractivity contribution >= 4 is 8.96 Å². The summed E-state index contributed by atoms with van der Waals surface area (Å²) >= 11 is 0. The Balaban J connectivity index is 2.29. The topological polar surface area (TPSA) is 3.24 Å². The van der Waals surface area contributed by atoms with E-state index in [1.165, 1.54) is 25.9 Å². The van der Waals surface area contributed by atoms with Crippen LogP contribution in [-0.4, -0.2) is 26.6 Å². The van der Waals surface area contributed by atoms with Gasteiger partial charge in [-0.3, -0.25) is 0 Å². The van der Waals surface area contributed by atoms with Gasteiger partial charge in [0, 0.05) is 0 Å². The van der Waals surface area contributed by atoms with Gasteiger partial charge in [0.25, 0.3) is 0 Å². The first kappa shape index (κ1) is 8.28. The van der Waals surface area contributed by atoms with Crippen molar-refractivity contribution in [2.75, 3.05) is 13.1 Å². The van der Waals surface area contributed by atoms with E-state index in [0.29, 0.717) is 0 Å². The molecule has 2 heteroatoms. The highest BCUT2D eigenvalue weighted by atomic mass is 28.3. The van der Waals surface area contributed by atoms with Gasteiger partial charge < -0.3 is 4.57 Å². The molecule has 0 aromatic rings. The summed E-state index contributed by atoms with van der Waals surface area (Å²) in [6.07, 6.45) is 3.04. The van der Waals surface area contributed by atoms with Gasteiger partial charge in [0.15, 0.2) is 0 Å². The summed E-state index contributed by atoms with van der Waals surface area (Å²) in [6.45, 7) is 7.20. The Morgan fingerprint density at radius 3 is 2.00 bits per heavy atom. The van der Waals surface area contributed by atoms with Gasteiger partial charge in [0.05, 0.1) is 0 Å². The molecule has 60 valence electrons. The van der Waals surface area contributed by atoms with Crippen molar-refractivity contribution in [3.05, 3.63) is 0 Å². The average molecular weight is 157 g/mol. The van der Waals surface area contributed by atoms with E-state index in [-0.39, 0.29) is 8.96 Å². The smallest absolute Gasteiger partial charge is 0.111 e. The second kappa shape index (κ2) is 4.14. The minimum atomic E-state index is -0.363. The van der Waals surface area contributed by atoms with Crippen LogP contribution in [0.5, 0.6) is 0 Å². The molecule has 1 heterocycles. The summed E-state index contributed by atoms with van der Waals surface area (Å²) < 4.78 is 2.73. The molecule has 0 atom stereocenters. The van der Waals surface area contributed by atoms with Gasteiger partial charge in [0.2, 0.25) is 0 Å². The molecule has 0 N–H and O–H groups in total. The van der Waals surface area contributed by atoms with Crippen molar-refractivity contribution in [2.45, 2.75) is 38.8 Å². The fourth-order valence-corrected chi connectivity index (χ4v) is 5.58. The first-order valence-corrected chi connectivity index (χ1v) is 6.77. The third-order valence-corrected chi connectivity index (χ3v) is 6.57. The van der Waals surface area contributed by atoms with Crippen LogP contribution in [0, 0.1) is 0 Å². The third kappa shape index (κ3) is 1.83. The van der Waals surface area contributed by atoms with Crippen LogP contribution in [0.2, 0.25) is 12.1 Å². The molecule has 0 aromatic carbocycles. The highest BCUT2D eigenvalue weighted by Gasteiger charge is 2.21. The fourth-order valence-electron chi connectivity index (χ4n) is 2.01. The molecular formula is C8H19NSi. The van der Waals surface area contributed by atoms with Crippen molar-refractivity contribution < 1.29 is 0 Å². The fraction of sp³-hybridized carbons (Fsp3) is 1.00. The Bertz CT molecular complexity index is 85.3. The molecule has 10 heavy (non-hydrogen) atoms. The van der Waals surface area contributed by atoms with Crippen LogP contribution in [0.3, 0.4) is 0 Å². The van der Waals surface area contributed by atoms with Gasteiger partial charge in [-0.15, -0.1) is 0 Å². The van der Waals surface area contributed by atoms with Gasteiger partial charge in [-0.25, -0.2) is 0 Å². The van der Waals surface area contributed by atoms with E-state index in [4.69, 9.17) is 0 Å². The second-order valence-corrected chi connectivity index (χ2v) is 6.35. The Morgan fingerprint density at radius 1 is 1.10 bits per heavy atom. The number of hydrogen-bond donors (Lipinski definition) is 0. The van der Waals surface area contributed by atoms with E-state index in [2.05, 4.69) is 18.4 Å². The van der Waals surface area contributed by atoms with Gasteiger partial charge in [-0.05, 0) is 25.2 Å². The maximum Gasteiger partial charge on any atom is 0.111 e. The standard InChI is InChI=1S/C8H19NSi/c1-3-9(4-2)10-7-5-6-8-10/h10H,3-8H2,1-2H3. The van der Waals surface area contributed by atoms with Crippen LogP contribution in [0.4, 0.5) is 0 Å². The van der Waals surface area contributed by atoms with E-state index in [1.54, 1.807) is 12.1 Å². The van der Waals surface area contributed by atoms with Gasteiger partial charge in [-0.1, -0.05) is 26.7 Å². The molecule has 1 rings (SSSR count). The molecule has 0 aromatic heterocycles. The first-order chi connectivity index (χ1) is 4.88. The van der Waals surface area contributed by atoms with Crippen molar-refractivity contribution in [2.24, 2.45) is 0 Å². The quantitative estimate of drug-likeness (QED) is 0.565. The molecular weight excluding hydrogens is 138 g/mol. The number of hydrogen-bond acceptors (Lipinski definition) is 1. The summed E-state index contributed by atoms with van der Waals surface area (Å²) in [5, 5.41) is 0. The maximum absolute atomic E-state index is 2.73.